The molecule has 5 heteroatoms. The second kappa shape index (κ2) is 4.98. The summed E-state index contributed by atoms with van der Waals surface area (Å²) in [7, 11) is 0. The lowest BCUT2D eigenvalue weighted by molar-refractivity contribution is 0.189. The predicted molar refractivity (Wildman–Crippen MR) is 68.1 cm³/mol. The van der Waals surface area contributed by atoms with E-state index < -0.39 is 0 Å². The molecule has 1 aromatic heterocycles. The van der Waals surface area contributed by atoms with Crippen LogP contribution in [0.15, 0.2) is 0 Å². The van der Waals surface area contributed by atoms with Gasteiger partial charge in [-0.3, -0.25) is 0 Å². The zero-order valence-corrected chi connectivity index (χ0v) is 10.8. The number of aromatic nitrogens is 3. The number of aliphatic hydroxyl groups excluding tert-OH is 1. The van der Waals surface area contributed by atoms with Crippen molar-refractivity contribution in [1.29, 1.82) is 0 Å². The highest BCUT2D eigenvalue weighted by molar-refractivity contribution is 8.00. The first-order valence-electron chi connectivity index (χ1n) is 6.50. The van der Waals surface area contributed by atoms with Crippen molar-refractivity contribution in [3.05, 3.63) is 11.6 Å². The van der Waals surface area contributed by atoms with Crippen LogP contribution in [0.25, 0.3) is 0 Å². The van der Waals surface area contributed by atoms with Crippen LogP contribution in [0.5, 0.6) is 0 Å². The number of hydrogen-bond acceptors (Lipinski definition) is 4. The molecular formula is C12H19N3OS. The summed E-state index contributed by atoms with van der Waals surface area (Å²) in [6.07, 6.45) is 5.73. The Morgan fingerprint density at radius 3 is 3.06 bits per heavy atom. The zero-order chi connectivity index (χ0) is 11.7. The van der Waals surface area contributed by atoms with E-state index in [1.807, 2.05) is 0 Å². The Labute approximate surface area is 106 Å². The SMILES string of the molecule is OCC1CCc2nnc(CC3CCCS3)n2C1. The molecule has 94 valence electrons. The molecule has 1 fully saturated rings. The van der Waals surface area contributed by atoms with Crippen LogP contribution < -0.4 is 0 Å². The van der Waals surface area contributed by atoms with Gasteiger partial charge in [-0.05, 0) is 25.0 Å². The van der Waals surface area contributed by atoms with E-state index in [0.717, 1.165) is 42.7 Å². The highest BCUT2D eigenvalue weighted by Crippen LogP contribution is 2.29. The van der Waals surface area contributed by atoms with Crippen molar-refractivity contribution in [2.45, 2.75) is 43.9 Å². The third kappa shape index (κ3) is 2.36. The molecule has 4 nitrogen and oxygen atoms in total. The normalized spacial score (nSPS) is 28.3. The molecule has 17 heavy (non-hydrogen) atoms. The third-order valence-electron chi connectivity index (χ3n) is 3.81. The molecular weight excluding hydrogens is 234 g/mol. The Hall–Kier alpha value is -0.550. The number of hydrogen-bond donors (Lipinski definition) is 1. The van der Waals surface area contributed by atoms with Gasteiger partial charge in [-0.25, -0.2) is 0 Å². The fourth-order valence-corrected chi connectivity index (χ4v) is 4.03. The van der Waals surface area contributed by atoms with Gasteiger partial charge in [-0.1, -0.05) is 0 Å². The van der Waals surface area contributed by atoms with E-state index in [0.29, 0.717) is 5.92 Å². The molecule has 2 aliphatic heterocycles. The van der Waals surface area contributed by atoms with E-state index in [1.165, 1.54) is 18.6 Å². The smallest absolute Gasteiger partial charge is 0.134 e. The molecule has 2 aliphatic rings. The Morgan fingerprint density at radius 2 is 2.29 bits per heavy atom. The summed E-state index contributed by atoms with van der Waals surface area (Å²) in [5.41, 5.74) is 0. The van der Waals surface area contributed by atoms with Crippen molar-refractivity contribution < 1.29 is 5.11 Å². The van der Waals surface area contributed by atoms with Gasteiger partial charge in [0.1, 0.15) is 11.6 Å². The molecule has 0 aromatic carbocycles. The van der Waals surface area contributed by atoms with Crippen molar-refractivity contribution in [2.75, 3.05) is 12.4 Å². The summed E-state index contributed by atoms with van der Waals surface area (Å²) in [5, 5.41) is 18.6. The quantitative estimate of drug-likeness (QED) is 0.881. The maximum absolute atomic E-state index is 9.27. The third-order valence-corrected chi connectivity index (χ3v) is 5.21. The lowest BCUT2D eigenvalue weighted by Gasteiger charge is -2.23. The molecule has 3 heterocycles. The number of thioether (sulfide) groups is 1. The van der Waals surface area contributed by atoms with Gasteiger partial charge in [0.2, 0.25) is 0 Å². The molecule has 1 aromatic rings. The Morgan fingerprint density at radius 1 is 1.35 bits per heavy atom. The molecule has 0 amide bonds. The fourth-order valence-electron chi connectivity index (χ4n) is 2.76. The maximum atomic E-state index is 9.27. The van der Waals surface area contributed by atoms with Crippen molar-refractivity contribution in [1.82, 2.24) is 14.8 Å². The monoisotopic (exact) mass is 253 g/mol. The van der Waals surface area contributed by atoms with Gasteiger partial charge in [-0.2, -0.15) is 11.8 Å². The average Bonchev–Trinajstić information content (AvgIpc) is 2.99. The van der Waals surface area contributed by atoms with Gasteiger partial charge in [0, 0.05) is 37.2 Å². The first-order valence-corrected chi connectivity index (χ1v) is 7.55. The van der Waals surface area contributed by atoms with Crippen molar-refractivity contribution in [3.8, 4) is 0 Å². The lowest BCUT2D eigenvalue weighted by atomic mass is 10.0. The van der Waals surface area contributed by atoms with Crippen LogP contribution in [0, 0.1) is 5.92 Å². The van der Waals surface area contributed by atoms with Crippen LogP contribution in [0.1, 0.15) is 30.9 Å². The number of nitrogens with zero attached hydrogens (tertiary/aromatic N) is 3. The van der Waals surface area contributed by atoms with E-state index in [4.69, 9.17) is 0 Å². The lowest BCUT2D eigenvalue weighted by Crippen LogP contribution is -2.25. The van der Waals surface area contributed by atoms with E-state index in [1.54, 1.807) is 0 Å². The molecule has 1 N–H and O–H groups in total. The van der Waals surface area contributed by atoms with Crippen molar-refractivity contribution in [3.63, 3.8) is 0 Å². The minimum atomic E-state index is 0.287. The Kier molecular flexibility index (Phi) is 3.38. The summed E-state index contributed by atoms with van der Waals surface area (Å²) in [6.45, 7) is 1.20. The van der Waals surface area contributed by atoms with E-state index in [-0.39, 0.29) is 6.61 Å². The molecule has 0 aliphatic carbocycles. The second-order valence-corrected chi connectivity index (χ2v) is 6.48. The van der Waals surface area contributed by atoms with Crippen LogP contribution in [-0.2, 0) is 19.4 Å². The van der Waals surface area contributed by atoms with Gasteiger partial charge in [0.05, 0.1) is 0 Å². The van der Waals surface area contributed by atoms with Gasteiger partial charge in [-0.15, -0.1) is 10.2 Å². The summed E-state index contributed by atoms with van der Waals surface area (Å²) in [6, 6.07) is 0. The molecule has 2 atom stereocenters. The first kappa shape index (κ1) is 11.5. The molecule has 1 saturated heterocycles. The highest BCUT2D eigenvalue weighted by Gasteiger charge is 2.25. The fraction of sp³-hybridized carbons (Fsp3) is 0.833. The minimum Gasteiger partial charge on any atom is -0.396 e. The topological polar surface area (TPSA) is 50.9 Å². The van der Waals surface area contributed by atoms with Crippen LogP contribution in [-0.4, -0.2) is 37.5 Å². The molecule has 0 saturated carbocycles. The average molecular weight is 253 g/mol. The largest absolute Gasteiger partial charge is 0.396 e. The number of fused-ring (bicyclic) bond motifs is 1. The molecule has 0 radical (unpaired) electrons. The maximum Gasteiger partial charge on any atom is 0.134 e. The molecule has 0 spiro atoms. The van der Waals surface area contributed by atoms with Crippen LogP contribution in [0.3, 0.4) is 0 Å². The Balaban J connectivity index is 1.74. The van der Waals surface area contributed by atoms with Crippen LogP contribution in [0.2, 0.25) is 0 Å². The highest BCUT2D eigenvalue weighted by atomic mass is 32.2. The number of aliphatic hydroxyl groups is 1. The van der Waals surface area contributed by atoms with Crippen LogP contribution >= 0.6 is 11.8 Å². The zero-order valence-electron chi connectivity index (χ0n) is 10.0. The predicted octanol–water partition coefficient (Wildman–Crippen LogP) is 1.27. The Bertz CT molecular complexity index is 387. The van der Waals surface area contributed by atoms with E-state index in [2.05, 4.69) is 26.5 Å². The summed E-state index contributed by atoms with van der Waals surface area (Å²) in [4.78, 5) is 0. The molecule has 0 bridgehead atoms. The molecule has 2 unspecified atom stereocenters. The van der Waals surface area contributed by atoms with E-state index in [9.17, 15) is 5.11 Å². The van der Waals surface area contributed by atoms with E-state index >= 15 is 0 Å². The van der Waals surface area contributed by atoms with Crippen molar-refractivity contribution >= 4 is 11.8 Å². The van der Waals surface area contributed by atoms with Gasteiger partial charge >= 0.3 is 0 Å². The number of aryl methyl sites for hydroxylation is 1. The number of rotatable bonds is 3. The van der Waals surface area contributed by atoms with Crippen molar-refractivity contribution in [2.24, 2.45) is 5.92 Å². The van der Waals surface area contributed by atoms with Gasteiger partial charge in [0.15, 0.2) is 0 Å². The minimum absolute atomic E-state index is 0.287. The summed E-state index contributed by atoms with van der Waals surface area (Å²) < 4.78 is 2.25. The van der Waals surface area contributed by atoms with Gasteiger partial charge in [0.25, 0.3) is 0 Å². The standard InChI is InChI=1S/C12H19N3OS/c16-8-9-3-4-11-13-14-12(15(11)7-9)6-10-2-1-5-17-10/h9-10,16H,1-8H2. The van der Waals surface area contributed by atoms with Crippen LogP contribution in [0.4, 0.5) is 0 Å². The van der Waals surface area contributed by atoms with Gasteiger partial charge < -0.3 is 9.67 Å². The first-order chi connectivity index (χ1) is 8.36. The second-order valence-electron chi connectivity index (χ2n) is 5.07. The summed E-state index contributed by atoms with van der Waals surface area (Å²) >= 11 is 2.07. The summed E-state index contributed by atoms with van der Waals surface area (Å²) in [5.74, 6) is 3.95. The molecule has 3 rings (SSSR count).